The highest BCUT2D eigenvalue weighted by molar-refractivity contribution is 5.86. The summed E-state index contributed by atoms with van der Waals surface area (Å²) in [5.74, 6) is 0.567. The number of carbonyl (C=O) groups excluding carboxylic acids is 2. The summed E-state index contributed by atoms with van der Waals surface area (Å²) >= 11 is 0. The fourth-order valence-electron chi connectivity index (χ4n) is 3.44. The highest BCUT2D eigenvalue weighted by Crippen LogP contribution is 2.31. The smallest absolute Gasteiger partial charge is 0.412 e. The Bertz CT molecular complexity index is 1010. The van der Waals surface area contributed by atoms with Crippen LogP contribution in [0.15, 0.2) is 60.9 Å². The first-order valence-electron chi connectivity index (χ1n) is 10.3. The van der Waals surface area contributed by atoms with E-state index >= 15 is 0 Å². The fourth-order valence-corrected chi connectivity index (χ4v) is 3.44. The number of nitrogens with zero attached hydrogens (tertiary/aromatic N) is 3. The van der Waals surface area contributed by atoms with E-state index in [1.807, 2.05) is 48.5 Å². The SMILES string of the molecule is O=C1CCC(n2cc(NC(=O)OCc3ccccc3)c(OCc3ccccn3)n2)CC1. The summed E-state index contributed by atoms with van der Waals surface area (Å²) in [5.41, 5.74) is 2.07. The normalized spacial score (nSPS) is 14.3. The van der Waals surface area contributed by atoms with E-state index in [2.05, 4.69) is 15.4 Å². The molecular formula is C23H24N4O4. The Balaban J connectivity index is 1.45. The lowest BCUT2D eigenvalue weighted by atomic mass is 9.95. The van der Waals surface area contributed by atoms with Gasteiger partial charge >= 0.3 is 6.09 Å². The van der Waals surface area contributed by atoms with Gasteiger partial charge in [-0.15, -0.1) is 5.10 Å². The zero-order chi connectivity index (χ0) is 21.5. The van der Waals surface area contributed by atoms with Crippen molar-refractivity contribution in [1.29, 1.82) is 0 Å². The average molecular weight is 420 g/mol. The van der Waals surface area contributed by atoms with Gasteiger partial charge in [0.1, 0.15) is 24.7 Å². The minimum atomic E-state index is -0.593. The molecule has 1 aliphatic rings. The predicted molar refractivity (Wildman–Crippen MR) is 114 cm³/mol. The van der Waals surface area contributed by atoms with Crippen LogP contribution in [0.2, 0.25) is 0 Å². The maximum Gasteiger partial charge on any atom is 0.412 e. The minimum absolute atomic E-state index is 0.0887. The van der Waals surface area contributed by atoms with Crippen molar-refractivity contribution in [3.05, 3.63) is 72.2 Å². The molecule has 0 spiro atoms. The van der Waals surface area contributed by atoms with Crippen LogP contribution in [0, 0.1) is 0 Å². The van der Waals surface area contributed by atoms with Crippen molar-refractivity contribution >= 4 is 17.6 Å². The number of anilines is 1. The first-order valence-corrected chi connectivity index (χ1v) is 10.3. The molecule has 0 aliphatic heterocycles. The number of aromatic nitrogens is 3. The Morgan fingerprint density at radius 3 is 2.58 bits per heavy atom. The van der Waals surface area contributed by atoms with E-state index < -0.39 is 6.09 Å². The molecule has 2 aromatic heterocycles. The number of benzene rings is 1. The number of amides is 1. The van der Waals surface area contributed by atoms with E-state index in [0.717, 1.165) is 24.1 Å². The molecule has 1 aliphatic carbocycles. The molecule has 1 N–H and O–H groups in total. The summed E-state index contributed by atoms with van der Waals surface area (Å²) in [7, 11) is 0. The zero-order valence-electron chi connectivity index (χ0n) is 17.1. The summed E-state index contributed by atoms with van der Waals surface area (Å²) in [6, 6.07) is 15.1. The van der Waals surface area contributed by atoms with Gasteiger partial charge in [0.15, 0.2) is 0 Å². The molecule has 1 saturated carbocycles. The van der Waals surface area contributed by atoms with E-state index in [1.54, 1.807) is 17.1 Å². The second kappa shape index (κ2) is 9.88. The number of hydrogen-bond donors (Lipinski definition) is 1. The minimum Gasteiger partial charge on any atom is -0.469 e. The second-order valence-electron chi connectivity index (χ2n) is 7.39. The van der Waals surface area contributed by atoms with Crippen molar-refractivity contribution < 1.29 is 19.1 Å². The second-order valence-corrected chi connectivity index (χ2v) is 7.39. The topological polar surface area (TPSA) is 95.3 Å². The molecule has 0 unspecified atom stereocenters. The number of ketones is 1. The van der Waals surface area contributed by atoms with Crippen molar-refractivity contribution in [3.63, 3.8) is 0 Å². The van der Waals surface area contributed by atoms with Gasteiger partial charge in [-0.25, -0.2) is 4.79 Å². The van der Waals surface area contributed by atoms with E-state index in [0.29, 0.717) is 24.4 Å². The Morgan fingerprint density at radius 2 is 1.84 bits per heavy atom. The van der Waals surface area contributed by atoms with Gasteiger partial charge in [-0.1, -0.05) is 36.4 Å². The quantitative estimate of drug-likeness (QED) is 0.613. The van der Waals surface area contributed by atoms with Gasteiger partial charge in [0.2, 0.25) is 0 Å². The number of hydrogen-bond acceptors (Lipinski definition) is 6. The van der Waals surface area contributed by atoms with Crippen LogP contribution >= 0.6 is 0 Å². The molecule has 1 amide bonds. The van der Waals surface area contributed by atoms with Crippen molar-refractivity contribution in [3.8, 4) is 5.88 Å². The third-order valence-electron chi connectivity index (χ3n) is 5.12. The van der Waals surface area contributed by atoms with Gasteiger partial charge in [-0.3, -0.25) is 19.8 Å². The molecule has 31 heavy (non-hydrogen) atoms. The van der Waals surface area contributed by atoms with Crippen LogP contribution < -0.4 is 10.1 Å². The van der Waals surface area contributed by atoms with E-state index in [-0.39, 0.29) is 25.0 Å². The fraction of sp³-hybridized carbons (Fsp3) is 0.304. The summed E-state index contributed by atoms with van der Waals surface area (Å²) in [5, 5.41) is 7.26. The van der Waals surface area contributed by atoms with Crippen molar-refractivity contribution in [2.45, 2.75) is 44.9 Å². The molecule has 8 heteroatoms. The zero-order valence-corrected chi connectivity index (χ0v) is 17.1. The van der Waals surface area contributed by atoms with Crippen molar-refractivity contribution in [2.75, 3.05) is 5.32 Å². The lowest BCUT2D eigenvalue weighted by Gasteiger charge is -2.20. The molecule has 0 saturated heterocycles. The molecule has 4 rings (SSSR count). The van der Waals surface area contributed by atoms with Crippen LogP contribution in [-0.4, -0.2) is 26.6 Å². The molecule has 1 fully saturated rings. The molecule has 0 radical (unpaired) electrons. The molecular weight excluding hydrogens is 396 g/mol. The monoisotopic (exact) mass is 420 g/mol. The molecule has 0 bridgehead atoms. The van der Waals surface area contributed by atoms with Crippen LogP contribution in [-0.2, 0) is 22.7 Å². The third kappa shape index (κ3) is 5.69. The van der Waals surface area contributed by atoms with Gasteiger partial charge < -0.3 is 9.47 Å². The molecule has 2 heterocycles. The first kappa shape index (κ1) is 20.6. The predicted octanol–water partition coefficient (Wildman–Crippen LogP) is 4.29. The Labute approximate surface area is 180 Å². The van der Waals surface area contributed by atoms with Gasteiger partial charge in [0, 0.05) is 19.0 Å². The van der Waals surface area contributed by atoms with Gasteiger partial charge in [-0.05, 0) is 30.5 Å². The average Bonchev–Trinajstić information content (AvgIpc) is 3.20. The van der Waals surface area contributed by atoms with Crippen LogP contribution in [0.4, 0.5) is 10.5 Å². The molecule has 8 nitrogen and oxygen atoms in total. The summed E-state index contributed by atoms with van der Waals surface area (Å²) in [6.07, 6.45) is 5.35. The van der Waals surface area contributed by atoms with Crippen LogP contribution in [0.5, 0.6) is 5.88 Å². The highest BCUT2D eigenvalue weighted by Gasteiger charge is 2.23. The number of carbonyl (C=O) groups is 2. The summed E-state index contributed by atoms with van der Waals surface area (Å²) < 4.78 is 12.9. The Kier molecular flexibility index (Phi) is 6.56. The van der Waals surface area contributed by atoms with E-state index in [4.69, 9.17) is 9.47 Å². The van der Waals surface area contributed by atoms with Crippen molar-refractivity contribution in [2.24, 2.45) is 0 Å². The third-order valence-corrected chi connectivity index (χ3v) is 5.12. The van der Waals surface area contributed by atoms with Crippen molar-refractivity contribution in [1.82, 2.24) is 14.8 Å². The lowest BCUT2D eigenvalue weighted by molar-refractivity contribution is -0.120. The van der Waals surface area contributed by atoms with Crippen LogP contribution in [0.1, 0.15) is 43.0 Å². The largest absolute Gasteiger partial charge is 0.469 e. The van der Waals surface area contributed by atoms with Gasteiger partial charge in [0.05, 0.1) is 17.9 Å². The number of ether oxygens (including phenoxy) is 2. The Morgan fingerprint density at radius 1 is 1.06 bits per heavy atom. The number of pyridine rings is 1. The summed E-state index contributed by atoms with van der Waals surface area (Å²) in [6.45, 7) is 0.379. The van der Waals surface area contributed by atoms with Crippen LogP contribution in [0.3, 0.4) is 0 Å². The number of nitrogens with one attached hydrogen (secondary N) is 1. The number of rotatable bonds is 7. The number of Topliss-reactive ketones (excluding diaryl/α,β-unsaturated/α-hetero) is 1. The lowest BCUT2D eigenvalue weighted by Crippen LogP contribution is -2.18. The van der Waals surface area contributed by atoms with E-state index in [9.17, 15) is 9.59 Å². The first-order chi connectivity index (χ1) is 15.2. The highest BCUT2D eigenvalue weighted by atomic mass is 16.5. The molecule has 1 aromatic carbocycles. The maximum absolute atomic E-state index is 12.4. The molecule has 160 valence electrons. The molecule has 0 atom stereocenters. The maximum atomic E-state index is 12.4. The van der Waals surface area contributed by atoms with Crippen LogP contribution in [0.25, 0.3) is 0 Å². The Hall–Kier alpha value is -3.68. The van der Waals surface area contributed by atoms with Gasteiger partial charge in [-0.2, -0.15) is 0 Å². The standard InChI is InChI=1S/C23H24N4O4/c28-20-11-9-19(10-12-20)27-14-21(22(26-27)30-16-18-8-4-5-13-24-18)25-23(29)31-15-17-6-2-1-3-7-17/h1-8,13-14,19H,9-12,15-16H2,(H,25,29). The summed E-state index contributed by atoms with van der Waals surface area (Å²) in [4.78, 5) is 28.2. The van der Waals surface area contributed by atoms with E-state index in [1.165, 1.54) is 0 Å². The van der Waals surface area contributed by atoms with Gasteiger partial charge in [0.25, 0.3) is 5.88 Å². The molecule has 3 aromatic rings.